The molecule has 0 bridgehead atoms. The average molecular weight is 195 g/mol. The van der Waals surface area contributed by atoms with Gasteiger partial charge in [0, 0.05) is 31.5 Å². The molecule has 14 heavy (non-hydrogen) atoms. The van der Waals surface area contributed by atoms with Crippen molar-refractivity contribution in [1.82, 2.24) is 9.55 Å². The molecule has 4 nitrogen and oxygen atoms in total. The molecule has 1 aromatic heterocycles. The molecule has 0 spiro atoms. The maximum Gasteiger partial charge on any atom is 0.0951 e. The first kappa shape index (κ1) is 9.68. The van der Waals surface area contributed by atoms with Crippen LogP contribution in [0.3, 0.4) is 0 Å². The van der Waals surface area contributed by atoms with E-state index in [4.69, 9.17) is 10.5 Å². The van der Waals surface area contributed by atoms with E-state index < -0.39 is 0 Å². The van der Waals surface area contributed by atoms with Crippen molar-refractivity contribution in [1.29, 1.82) is 0 Å². The summed E-state index contributed by atoms with van der Waals surface area (Å²) in [5.74, 6) is 0. The Hall–Kier alpha value is -0.870. The minimum atomic E-state index is 0.0559. The Kier molecular flexibility index (Phi) is 2.84. The van der Waals surface area contributed by atoms with Gasteiger partial charge in [0.2, 0.25) is 0 Å². The van der Waals surface area contributed by atoms with E-state index in [0.29, 0.717) is 6.04 Å². The zero-order chi connectivity index (χ0) is 9.97. The standard InChI is InChI=1S/C10H17N3O/c1-8(11)10-6-12-7-13(10)9-2-4-14-5-3-9/h6-9H,2-5,11H2,1H3. The molecular weight excluding hydrogens is 178 g/mol. The summed E-state index contributed by atoms with van der Waals surface area (Å²) in [4.78, 5) is 4.16. The van der Waals surface area contributed by atoms with Gasteiger partial charge in [-0.15, -0.1) is 0 Å². The minimum absolute atomic E-state index is 0.0559. The van der Waals surface area contributed by atoms with Crippen molar-refractivity contribution in [2.75, 3.05) is 13.2 Å². The highest BCUT2D eigenvalue weighted by Crippen LogP contribution is 2.24. The van der Waals surface area contributed by atoms with Crippen LogP contribution in [0.25, 0.3) is 0 Å². The highest BCUT2D eigenvalue weighted by atomic mass is 16.5. The molecule has 78 valence electrons. The lowest BCUT2D eigenvalue weighted by Crippen LogP contribution is -2.22. The monoisotopic (exact) mass is 195 g/mol. The van der Waals surface area contributed by atoms with Gasteiger partial charge in [-0.25, -0.2) is 4.98 Å². The highest BCUT2D eigenvalue weighted by molar-refractivity contribution is 5.05. The molecule has 1 fully saturated rings. The van der Waals surface area contributed by atoms with Crippen LogP contribution in [0.15, 0.2) is 12.5 Å². The molecule has 1 unspecified atom stereocenters. The van der Waals surface area contributed by atoms with Gasteiger partial charge in [-0.1, -0.05) is 0 Å². The van der Waals surface area contributed by atoms with Gasteiger partial charge in [-0.3, -0.25) is 0 Å². The highest BCUT2D eigenvalue weighted by Gasteiger charge is 2.18. The number of hydrogen-bond acceptors (Lipinski definition) is 3. The quantitative estimate of drug-likeness (QED) is 0.772. The second-order valence-corrected chi connectivity index (χ2v) is 3.86. The summed E-state index contributed by atoms with van der Waals surface area (Å²) in [5, 5.41) is 0. The fourth-order valence-corrected chi connectivity index (χ4v) is 1.94. The number of nitrogens with two attached hydrogens (primary N) is 1. The summed E-state index contributed by atoms with van der Waals surface area (Å²) in [6, 6.07) is 0.576. The van der Waals surface area contributed by atoms with E-state index >= 15 is 0 Å². The van der Waals surface area contributed by atoms with Crippen LogP contribution in [0.2, 0.25) is 0 Å². The lowest BCUT2D eigenvalue weighted by molar-refractivity contribution is 0.0686. The number of nitrogens with zero attached hydrogens (tertiary/aromatic N) is 2. The number of imidazole rings is 1. The Labute approximate surface area is 84.1 Å². The van der Waals surface area contributed by atoms with Crippen LogP contribution in [-0.2, 0) is 4.74 Å². The van der Waals surface area contributed by atoms with Crippen molar-refractivity contribution in [2.24, 2.45) is 5.73 Å². The van der Waals surface area contributed by atoms with E-state index in [-0.39, 0.29) is 6.04 Å². The average Bonchev–Trinajstić information content (AvgIpc) is 2.67. The van der Waals surface area contributed by atoms with Gasteiger partial charge in [-0.2, -0.15) is 0 Å². The van der Waals surface area contributed by atoms with Gasteiger partial charge in [-0.05, 0) is 19.8 Å². The van der Waals surface area contributed by atoms with E-state index in [1.165, 1.54) is 0 Å². The first-order valence-electron chi connectivity index (χ1n) is 5.14. The van der Waals surface area contributed by atoms with Crippen molar-refractivity contribution in [3.8, 4) is 0 Å². The van der Waals surface area contributed by atoms with Gasteiger partial charge in [0.15, 0.2) is 0 Å². The largest absolute Gasteiger partial charge is 0.381 e. The van der Waals surface area contributed by atoms with Crippen molar-refractivity contribution in [3.05, 3.63) is 18.2 Å². The molecular formula is C10H17N3O. The third-order valence-electron chi connectivity index (χ3n) is 2.75. The molecule has 2 N–H and O–H groups in total. The van der Waals surface area contributed by atoms with E-state index in [1.807, 2.05) is 19.4 Å². The predicted octanol–water partition coefficient (Wildman–Crippen LogP) is 1.25. The summed E-state index contributed by atoms with van der Waals surface area (Å²) < 4.78 is 7.53. The second-order valence-electron chi connectivity index (χ2n) is 3.86. The third kappa shape index (κ3) is 1.81. The lowest BCUT2D eigenvalue weighted by atomic mass is 10.1. The number of hydrogen-bond donors (Lipinski definition) is 1. The van der Waals surface area contributed by atoms with Crippen LogP contribution < -0.4 is 5.73 Å². The number of rotatable bonds is 2. The SMILES string of the molecule is CC(N)c1cncn1C1CCOCC1. The molecule has 1 aliphatic heterocycles. The molecule has 0 saturated carbocycles. The normalized spacial score (nSPS) is 21.0. The zero-order valence-corrected chi connectivity index (χ0v) is 8.52. The predicted molar refractivity (Wildman–Crippen MR) is 53.9 cm³/mol. The molecule has 2 heterocycles. The van der Waals surface area contributed by atoms with Crippen LogP contribution >= 0.6 is 0 Å². The van der Waals surface area contributed by atoms with Gasteiger partial charge >= 0.3 is 0 Å². The summed E-state index contributed by atoms with van der Waals surface area (Å²) in [6.45, 7) is 3.69. The fraction of sp³-hybridized carbons (Fsp3) is 0.700. The van der Waals surface area contributed by atoms with Gasteiger partial charge in [0.1, 0.15) is 0 Å². The molecule has 4 heteroatoms. The maximum absolute atomic E-state index is 5.87. The van der Waals surface area contributed by atoms with E-state index in [1.54, 1.807) is 0 Å². The van der Waals surface area contributed by atoms with Crippen molar-refractivity contribution in [2.45, 2.75) is 31.8 Å². The molecule has 2 rings (SSSR count). The molecule has 1 aromatic rings. The van der Waals surface area contributed by atoms with E-state index in [9.17, 15) is 0 Å². The van der Waals surface area contributed by atoms with Gasteiger partial charge < -0.3 is 15.0 Å². The second kappa shape index (κ2) is 4.11. The maximum atomic E-state index is 5.87. The molecule has 0 aliphatic carbocycles. The number of aromatic nitrogens is 2. The zero-order valence-electron chi connectivity index (χ0n) is 8.52. The van der Waals surface area contributed by atoms with Gasteiger partial charge in [0.25, 0.3) is 0 Å². The van der Waals surface area contributed by atoms with Crippen molar-refractivity contribution in [3.63, 3.8) is 0 Å². The summed E-state index contributed by atoms with van der Waals surface area (Å²) in [7, 11) is 0. The van der Waals surface area contributed by atoms with Crippen molar-refractivity contribution < 1.29 is 4.74 Å². The summed E-state index contributed by atoms with van der Waals surface area (Å²) in [6.07, 6.45) is 5.88. The Morgan fingerprint density at radius 3 is 2.93 bits per heavy atom. The Morgan fingerprint density at radius 2 is 2.29 bits per heavy atom. The Morgan fingerprint density at radius 1 is 1.57 bits per heavy atom. The van der Waals surface area contributed by atoms with Crippen molar-refractivity contribution >= 4 is 0 Å². The molecule has 1 aliphatic rings. The molecule has 0 aromatic carbocycles. The van der Waals surface area contributed by atoms with Gasteiger partial charge in [0.05, 0.1) is 12.0 Å². The molecule has 0 radical (unpaired) electrons. The molecule has 1 atom stereocenters. The topological polar surface area (TPSA) is 53.1 Å². The van der Waals surface area contributed by atoms with Crippen LogP contribution in [0, 0.1) is 0 Å². The number of ether oxygens (including phenoxy) is 1. The Balaban J connectivity index is 2.17. The van der Waals surface area contributed by atoms with Crippen LogP contribution in [-0.4, -0.2) is 22.8 Å². The van der Waals surface area contributed by atoms with Crippen LogP contribution in [0.5, 0.6) is 0 Å². The molecule has 0 amide bonds. The first-order chi connectivity index (χ1) is 6.79. The summed E-state index contributed by atoms with van der Waals surface area (Å²) in [5.41, 5.74) is 7.00. The fourth-order valence-electron chi connectivity index (χ4n) is 1.94. The first-order valence-corrected chi connectivity index (χ1v) is 5.14. The third-order valence-corrected chi connectivity index (χ3v) is 2.75. The Bertz CT molecular complexity index is 289. The van der Waals surface area contributed by atoms with Crippen LogP contribution in [0.1, 0.15) is 37.5 Å². The minimum Gasteiger partial charge on any atom is -0.381 e. The summed E-state index contributed by atoms with van der Waals surface area (Å²) >= 11 is 0. The lowest BCUT2D eigenvalue weighted by Gasteiger charge is -2.25. The molecule has 1 saturated heterocycles. The van der Waals surface area contributed by atoms with E-state index in [0.717, 1.165) is 31.7 Å². The van der Waals surface area contributed by atoms with Crippen LogP contribution in [0.4, 0.5) is 0 Å². The smallest absolute Gasteiger partial charge is 0.0951 e. The van der Waals surface area contributed by atoms with E-state index in [2.05, 4.69) is 9.55 Å².